The molecule has 2 aromatic carbocycles. The van der Waals surface area contributed by atoms with Crippen LogP contribution in [0.5, 0.6) is 5.75 Å². The van der Waals surface area contributed by atoms with E-state index in [2.05, 4.69) is 5.32 Å². The Morgan fingerprint density at radius 2 is 2.03 bits per heavy atom. The maximum absolute atomic E-state index is 12.6. The number of nitrogens with one attached hydrogen (secondary N) is 1. The average molecular weight is 407 g/mol. The van der Waals surface area contributed by atoms with Crippen LogP contribution in [-0.2, 0) is 27.3 Å². The second-order valence-corrected chi connectivity index (χ2v) is 7.71. The first kappa shape index (κ1) is 19.9. The van der Waals surface area contributed by atoms with Crippen molar-refractivity contribution in [1.29, 1.82) is 0 Å². The molecule has 4 rings (SSSR count). The second-order valence-electron chi connectivity index (χ2n) is 7.71. The van der Waals surface area contributed by atoms with Gasteiger partial charge in [-0.15, -0.1) is 0 Å². The van der Waals surface area contributed by atoms with Crippen LogP contribution < -0.4 is 19.9 Å². The number of carbonyl (C=O) groups is 3. The fraction of sp³-hybridized carbons (Fsp3) is 0.348. The van der Waals surface area contributed by atoms with Crippen LogP contribution in [0.1, 0.15) is 24.5 Å². The number of benzene rings is 2. The summed E-state index contributed by atoms with van der Waals surface area (Å²) in [6.45, 7) is 2.97. The number of fused-ring (bicyclic) bond motifs is 1. The molecule has 1 N–H and O–H groups in total. The number of methoxy groups -OCH3 is 1. The van der Waals surface area contributed by atoms with Crippen LogP contribution in [0, 0.1) is 5.92 Å². The van der Waals surface area contributed by atoms with E-state index < -0.39 is 0 Å². The van der Waals surface area contributed by atoms with Crippen LogP contribution in [0.15, 0.2) is 42.5 Å². The number of anilines is 2. The minimum atomic E-state index is -0.384. The van der Waals surface area contributed by atoms with E-state index in [1.165, 1.54) is 0 Å². The molecule has 0 bridgehead atoms. The highest BCUT2D eigenvalue weighted by Crippen LogP contribution is 2.34. The highest BCUT2D eigenvalue weighted by Gasteiger charge is 2.35. The van der Waals surface area contributed by atoms with Crippen molar-refractivity contribution in [3.8, 4) is 5.75 Å². The molecule has 0 unspecified atom stereocenters. The highest BCUT2D eigenvalue weighted by atomic mass is 16.5. The smallest absolute Gasteiger partial charge is 0.227 e. The average Bonchev–Trinajstić information content (AvgIpc) is 3.35. The quantitative estimate of drug-likeness (QED) is 0.825. The van der Waals surface area contributed by atoms with E-state index >= 15 is 0 Å². The third kappa shape index (κ3) is 3.87. The summed E-state index contributed by atoms with van der Waals surface area (Å²) in [5, 5.41) is 2.93. The van der Waals surface area contributed by atoms with E-state index in [1.807, 2.05) is 42.5 Å². The molecular weight excluding hydrogens is 382 g/mol. The summed E-state index contributed by atoms with van der Waals surface area (Å²) in [5.74, 6) is 0.191. The molecule has 1 fully saturated rings. The molecule has 0 aliphatic carbocycles. The van der Waals surface area contributed by atoms with Crippen LogP contribution in [0.4, 0.5) is 11.4 Å². The van der Waals surface area contributed by atoms with Crippen LogP contribution >= 0.6 is 0 Å². The third-order valence-electron chi connectivity index (χ3n) is 5.75. The fourth-order valence-electron chi connectivity index (χ4n) is 4.13. The van der Waals surface area contributed by atoms with E-state index in [0.717, 1.165) is 34.7 Å². The van der Waals surface area contributed by atoms with Crippen molar-refractivity contribution >= 4 is 29.1 Å². The molecule has 156 valence electrons. The molecule has 2 aliphatic rings. The molecule has 1 saturated heterocycles. The lowest BCUT2D eigenvalue weighted by Gasteiger charge is -2.19. The predicted octanol–water partition coefficient (Wildman–Crippen LogP) is 2.27. The van der Waals surface area contributed by atoms with Gasteiger partial charge in [-0.3, -0.25) is 14.4 Å². The molecule has 0 aromatic heterocycles. The third-order valence-corrected chi connectivity index (χ3v) is 5.75. The minimum Gasteiger partial charge on any atom is -0.497 e. The second kappa shape index (κ2) is 8.18. The first-order valence-corrected chi connectivity index (χ1v) is 10.1. The molecular formula is C23H25N3O4. The van der Waals surface area contributed by atoms with Gasteiger partial charge in [-0.1, -0.05) is 12.1 Å². The van der Waals surface area contributed by atoms with Crippen molar-refractivity contribution in [2.24, 2.45) is 5.92 Å². The van der Waals surface area contributed by atoms with Gasteiger partial charge in [0.1, 0.15) is 5.75 Å². The lowest BCUT2D eigenvalue weighted by atomic mass is 10.1. The Bertz CT molecular complexity index is 1000. The van der Waals surface area contributed by atoms with Crippen LogP contribution in [0.25, 0.3) is 0 Å². The van der Waals surface area contributed by atoms with Crippen molar-refractivity contribution < 1.29 is 19.1 Å². The lowest BCUT2D eigenvalue weighted by Crippen LogP contribution is -2.32. The van der Waals surface area contributed by atoms with Gasteiger partial charge in [-0.05, 0) is 47.9 Å². The summed E-state index contributed by atoms with van der Waals surface area (Å²) in [6.07, 6.45) is 0.968. The Kier molecular flexibility index (Phi) is 5.44. The first-order valence-electron chi connectivity index (χ1n) is 10.1. The first-order chi connectivity index (χ1) is 14.5. The van der Waals surface area contributed by atoms with Crippen molar-refractivity contribution in [3.05, 3.63) is 53.6 Å². The molecule has 7 nitrogen and oxygen atoms in total. The van der Waals surface area contributed by atoms with E-state index in [0.29, 0.717) is 19.6 Å². The van der Waals surface area contributed by atoms with Crippen molar-refractivity contribution in [3.63, 3.8) is 0 Å². The SMILES string of the molecule is COc1cccc(CNC(=O)[C@@H]2CC(=O)N(c3ccc4c(c3)CCN4C(C)=O)C2)c1. The summed E-state index contributed by atoms with van der Waals surface area (Å²) in [5.41, 5.74) is 3.69. The number of amides is 3. The summed E-state index contributed by atoms with van der Waals surface area (Å²) in [4.78, 5) is 40.4. The van der Waals surface area contributed by atoms with Crippen LogP contribution in [0.3, 0.4) is 0 Å². The van der Waals surface area contributed by atoms with E-state index in [4.69, 9.17) is 4.74 Å². The van der Waals surface area contributed by atoms with Gasteiger partial charge in [0.25, 0.3) is 0 Å². The number of ether oxygens (including phenoxy) is 1. The Morgan fingerprint density at radius 1 is 1.20 bits per heavy atom. The topological polar surface area (TPSA) is 79.0 Å². The molecule has 0 spiro atoms. The Labute approximate surface area is 175 Å². The summed E-state index contributed by atoms with van der Waals surface area (Å²) in [6, 6.07) is 13.2. The summed E-state index contributed by atoms with van der Waals surface area (Å²) >= 11 is 0. The van der Waals surface area contributed by atoms with Crippen LogP contribution in [0.2, 0.25) is 0 Å². The van der Waals surface area contributed by atoms with Gasteiger partial charge < -0.3 is 19.9 Å². The normalized spacial score (nSPS) is 17.8. The largest absolute Gasteiger partial charge is 0.497 e. The fourth-order valence-corrected chi connectivity index (χ4v) is 4.13. The summed E-state index contributed by atoms with van der Waals surface area (Å²) in [7, 11) is 1.60. The van der Waals surface area contributed by atoms with Gasteiger partial charge in [-0.2, -0.15) is 0 Å². The molecule has 30 heavy (non-hydrogen) atoms. The zero-order valence-corrected chi connectivity index (χ0v) is 17.2. The highest BCUT2D eigenvalue weighted by molar-refractivity contribution is 6.01. The Balaban J connectivity index is 1.40. The van der Waals surface area contributed by atoms with Gasteiger partial charge in [0.15, 0.2) is 0 Å². The van der Waals surface area contributed by atoms with Gasteiger partial charge in [0.2, 0.25) is 17.7 Å². The van der Waals surface area contributed by atoms with E-state index in [1.54, 1.807) is 23.8 Å². The van der Waals surface area contributed by atoms with Gasteiger partial charge in [0.05, 0.1) is 13.0 Å². The molecule has 3 amide bonds. The standard InChI is InChI=1S/C23H25N3O4/c1-15(27)25-9-8-17-11-19(6-7-21(17)25)26-14-18(12-22(26)28)23(29)24-13-16-4-3-5-20(10-16)30-2/h3-7,10-11,18H,8-9,12-14H2,1-2H3,(H,24,29)/t18-/m1/s1. The molecule has 0 saturated carbocycles. The zero-order valence-electron chi connectivity index (χ0n) is 17.2. The number of hydrogen-bond donors (Lipinski definition) is 1. The molecule has 2 aliphatic heterocycles. The Hall–Kier alpha value is -3.35. The monoisotopic (exact) mass is 407 g/mol. The number of rotatable bonds is 5. The van der Waals surface area contributed by atoms with Crippen molar-refractivity contribution in [2.45, 2.75) is 26.3 Å². The van der Waals surface area contributed by atoms with Crippen molar-refractivity contribution in [1.82, 2.24) is 5.32 Å². The van der Waals surface area contributed by atoms with E-state index in [-0.39, 0.29) is 30.1 Å². The van der Waals surface area contributed by atoms with Gasteiger partial charge in [-0.25, -0.2) is 0 Å². The molecule has 2 heterocycles. The maximum atomic E-state index is 12.6. The maximum Gasteiger partial charge on any atom is 0.227 e. The zero-order chi connectivity index (χ0) is 21.3. The predicted molar refractivity (Wildman–Crippen MR) is 113 cm³/mol. The molecule has 0 radical (unpaired) electrons. The molecule has 7 heteroatoms. The lowest BCUT2D eigenvalue weighted by molar-refractivity contribution is -0.126. The Morgan fingerprint density at radius 3 is 2.80 bits per heavy atom. The number of hydrogen-bond acceptors (Lipinski definition) is 4. The van der Waals surface area contributed by atoms with Crippen molar-refractivity contribution in [2.75, 3.05) is 30.0 Å². The minimum absolute atomic E-state index is 0.0199. The molecule has 1 atom stereocenters. The van der Waals surface area contributed by atoms with Gasteiger partial charge in [0, 0.05) is 44.4 Å². The van der Waals surface area contributed by atoms with E-state index in [9.17, 15) is 14.4 Å². The van der Waals surface area contributed by atoms with Gasteiger partial charge >= 0.3 is 0 Å². The number of carbonyl (C=O) groups excluding carboxylic acids is 3. The van der Waals surface area contributed by atoms with Crippen LogP contribution in [-0.4, -0.2) is 37.9 Å². The molecule has 2 aromatic rings. The summed E-state index contributed by atoms with van der Waals surface area (Å²) < 4.78 is 5.20. The number of nitrogens with zero attached hydrogens (tertiary/aromatic N) is 2.